The molecule has 0 unspecified atom stereocenters. The predicted molar refractivity (Wildman–Crippen MR) is 114 cm³/mol. The molecule has 9 heteroatoms. The fourth-order valence-corrected chi connectivity index (χ4v) is 6.21. The van der Waals surface area contributed by atoms with E-state index >= 15 is 0 Å². The van der Waals surface area contributed by atoms with Crippen LogP contribution in [0.3, 0.4) is 0 Å². The van der Waals surface area contributed by atoms with E-state index in [0.29, 0.717) is 18.7 Å². The van der Waals surface area contributed by atoms with E-state index in [4.69, 9.17) is 23.2 Å². The number of halogens is 2. The largest absolute Gasteiger partial charge is 0.358 e. The average Bonchev–Trinajstić information content (AvgIpc) is 3.03. The van der Waals surface area contributed by atoms with Crippen molar-refractivity contribution < 1.29 is 13.2 Å². The number of piperazine rings is 1. The van der Waals surface area contributed by atoms with Crippen molar-refractivity contribution in [1.82, 2.24) is 14.2 Å². The van der Waals surface area contributed by atoms with Gasteiger partial charge in [0.25, 0.3) is 5.91 Å². The van der Waals surface area contributed by atoms with Gasteiger partial charge in [0.1, 0.15) is 4.90 Å². The molecule has 1 fully saturated rings. The van der Waals surface area contributed by atoms with Gasteiger partial charge in [-0.05, 0) is 25.1 Å². The summed E-state index contributed by atoms with van der Waals surface area (Å²) in [6, 6.07) is 12.2. The molecule has 2 aromatic carbocycles. The third kappa shape index (κ3) is 3.53. The molecule has 1 amide bonds. The van der Waals surface area contributed by atoms with Crippen LogP contribution in [0.4, 0.5) is 0 Å². The molecular formula is C20H19Cl2N3O3S. The Morgan fingerprint density at radius 2 is 1.59 bits per heavy atom. The second-order valence-electron chi connectivity index (χ2n) is 6.92. The van der Waals surface area contributed by atoms with Gasteiger partial charge in [0.15, 0.2) is 0 Å². The summed E-state index contributed by atoms with van der Waals surface area (Å²) >= 11 is 12.2. The number of hydrogen-bond acceptors (Lipinski definition) is 3. The Bertz CT molecular complexity index is 1180. The topological polar surface area (TPSA) is 73.5 Å². The normalized spacial score (nSPS) is 15.8. The number of rotatable bonds is 3. The molecule has 1 aliphatic heterocycles. The van der Waals surface area contributed by atoms with Crippen molar-refractivity contribution >= 4 is 50.0 Å². The highest BCUT2D eigenvalue weighted by molar-refractivity contribution is 7.89. The van der Waals surface area contributed by atoms with E-state index < -0.39 is 10.0 Å². The van der Waals surface area contributed by atoms with Gasteiger partial charge in [-0.25, -0.2) is 8.42 Å². The Morgan fingerprint density at radius 1 is 0.966 bits per heavy atom. The van der Waals surface area contributed by atoms with Crippen LogP contribution in [0.5, 0.6) is 0 Å². The number of sulfonamides is 1. The van der Waals surface area contributed by atoms with Crippen LogP contribution in [-0.2, 0) is 10.0 Å². The minimum Gasteiger partial charge on any atom is -0.358 e. The number of aromatic amines is 1. The summed E-state index contributed by atoms with van der Waals surface area (Å²) in [4.78, 5) is 18.0. The molecule has 2 heterocycles. The molecule has 0 atom stereocenters. The summed E-state index contributed by atoms with van der Waals surface area (Å²) in [5.74, 6) is -0.104. The van der Waals surface area contributed by atoms with Crippen molar-refractivity contribution in [1.29, 1.82) is 0 Å². The van der Waals surface area contributed by atoms with Gasteiger partial charge >= 0.3 is 0 Å². The van der Waals surface area contributed by atoms with Crippen LogP contribution in [0.2, 0.25) is 10.0 Å². The Kier molecular flexibility index (Phi) is 5.33. The zero-order valence-corrected chi connectivity index (χ0v) is 18.0. The fraction of sp³-hybridized carbons (Fsp3) is 0.250. The first-order chi connectivity index (χ1) is 13.8. The second-order valence-corrected chi connectivity index (χ2v) is 9.61. The maximum absolute atomic E-state index is 13.1. The predicted octanol–water partition coefficient (Wildman–Crippen LogP) is 3.93. The summed E-state index contributed by atoms with van der Waals surface area (Å²) < 4.78 is 27.3. The molecule has 1 saturated heterocycles. The third-order valence-corrected chi connectivity index (χ3v) is 8.00. The lowest BCUT2D eigenvalue weighted by atomic mass is 10.1. The number of carbonyl (C=O) groups excluding carboxylic acids is 1. The number of H-pyrrole nitrogens is 1. The van der Waals surface area contributed by atoms with E-state index in [1.165, 1.54) is 16.4 Å². The van der Waals surface area contributed by atoms with E-state index in [1.54, 1.807) is 11.0 Å². The number of aromatic nitrogens is 1. The molecule has 0 spiro atoms. The second kappa shape index (κ2) is 7.65. The van der Waals surface area contributed by atoms with Crippen molar-refractivity contribution in [2.24, 2.45) is 0 Å². The van der Waals surface area contributed by atoms with Crippen molar-refractivity contribution in [3.05, 3.63) is 63.8 Å². The lowest BCUT2D eigenvalue weighted by Gasteiger charge is -2.34. The molecule has 29 heavy (non-hydrogen) atoms. The molecule has 6 nitrogen and oxygen atoms in total. The van der Waals surface area contributed by atoms with Crippen LogP contribution in [0, 0.1) is 6.92 Å². The number of benzene rings is 2. The highest BCUT2D eigenvalue weighted by atomic mass is 35.5. The highest BCUT2D eigenvalue weighted by Gasteiger charge is 2.34. The number of amides is 1. The molecule has 0 radical (unpaired) electrons. The number of hydrogen-bond donors (Lipinski definition) is 1. The van der Waals surface area contributed by atoms with Crippen LogP contribution >= 0.6 is 23.2 Å². The molecule has 1 aliphatic rings. The quantitative estimate of drug-likeness (QED) is 0.655. The van der Waals surface area contributed by atoms with Gasteiger partial charge in [-0.1, -0.05) is 47.5 Å². The summed E-state index contributed by atoms with van der Waals surface area (Å²) in [5, 5.41) is 1.05. The van der Waals surface area contributed by atoms with E-state index in [0.717, 1.165) is 16.6 Å². The lowest BCUT2D eigenvalue weighted by Crippen LogP contribution is -2.50. The number of aryl methyl sites for hydroxylation is 1. The number of nitrogens with one attached hydrogen (secondary N) is 1. The van der Waals surface area contributed by atoms with Gasteiger partial charge in [0.05, 0.1) is 15.6 Å². The molecule has 152 valence electrons. The van der Waals surface area contributed by atoms with E-state index in [9.17, 15) is 13.2 Å². The minimum atomic E-state index is -3.84. The standard InChI is InChI=1S/C20H19Cl2N3O3S/c1-13-18(14-5-2-3-8-17(14)23-13)20(26)24-9-11-25(12-10-24)29(27,28)19-15(21)6-4-7-16(19)22/h2-8,23H,9-12H2,1H3. The van der Waals surface area contributed by atoms with Crippen LogP contribution in [0.15, 0.2) is 47.4 Å². The molecule has 0 bridgehead atoms. The van der Waals surface area contributed by atoms with Crippen LogP contribution < -0.4 is 0 Å². The SMILES string of the molecule is Cc1[nH]c2ccccc2c1C(=O)N1CCN(S(=O)(=O)c2c(Cl)cccc2Cl)CC1. The maximum Gasteiger partial charge on any atom is 0.256 e. The van der Waals surface area contributed by atoms with E-state index in [-0.39, 0.29) is 33.9 Å². The average molecular weight is 452 g/mol. The molecule has 3 aromatic rings. The number of carbonyl (C=O) groups is 1. The molecule has 0 aliphatic carbocycles. The smallest absolute Gasteiger partial charge is 0.256 e. The number of fused-ring (bicyclic) bond motifs is 1. The van der Waals surface area contributed by atoms with Crippen molar-refractivity contribution in [2.45, 2.75) is 11.8 Å². The fourth-order valence-electron chi connectivity index (χ4n) is 3.70. The van der Waals surface area contributed by atoms with E-state index in [2.05, 4.69) is 4.98 Å². The molecule has 1 N–H and O–H groups in total. The lowest BCUT2D eigenvalue weighted by molar-refractivity contribution is 0.0699. The van der Waals surface area contributed by atoms with Crippen LogP contribution in [-0.4, -0.2) is 54.7 Å². The Labute approximate surface area is 179 Å². The molecule has 0 saturated carbocycles. The monoisotopic (exact) mass is 451 g/mol. The first-order valence-electron chi connectivity index (χ1n) is 9.11. The third-order valence-electron chi connectivity index (χ3n) is 5.15. The van der Waals surface area contributed by atoms with Gasteiger partial charge in [0, 0.05) is 42.8 Å². The van der Waals surface area contributed by atoms with Gasteiger partial charge in [0.2, 0.25) is 10.0 Å². The van der Waals surface area contributed by atoms with Crippen molar-refractivity contribution in [3.63, 3.8) is 0 Å². The molecular weight excluding hydrogens is 433 g/mol. The summed E-state index contributed by atoms with van der Waals surface area (Å²) in [5.41, 5.74) is 2.34. The van der Waals surface area contributed by atoms with Gasteiger partial charge in [-0.2, -0.15) is 4.31 Å². The summed E-state index contributed by atoms with van der Waals surface area (Å²) in [7, 11) is -3.84. The number of nitrogens with zero attached hydrogens (tertiary/aromatic N) is 2. The van der Waals surface area contributed by atoms with Gasteiger partial charge in [-0.3, -0.25) is 4.79 Å². The maximum atomic E-state index is 13.1. The zero-order valence-electron chi connectivity index (χ0n) is 15.7. The summed E-state index contributed by atoms with van der Waals surface area (Å²) in [6.45, 7) is 2.81. The van der Waals surface area contributed by atoms with Crippen molar-refractivity contribution in [3.8, 4) is 0 Å². The highest BCUT2D eigenvalue weighted by Crippen LogP contribution is 2.32. The van der Waals surface area contributed by atoms with Crippen molar-refractivity contribution in [2.75, 3.05) is 26.2 Å². The molecule has 1 aromatic heterocycles. The van der Waals surface area contributed by atoms with E-state index in [1.807, 2.05) is 31.2 Å². The van der Waals surface area contributed by atoms with Gasteiger partial charge in [-0.15, -0.1) is 0 Å². The Hall–Kier alpha value is -2.06. The van der Waals surface area contributed by atoms with Crippen LogP contribution in [0.1, 0.15) is 16.1 Å². The first kappa shape index (κ1) is 20.2. The van der Waals surface area contributed by atoms with Crippen LogP contribution in [0.25, 0.3) is 10.9 Å². The Balaban J connectivity index is 1.55. The van der Waals surface area contributed by atoms with Gasteiger partial charge < -0.3 is 9.88 Å². The minimum absolute atomic E-state index is 0.0874. The molecule has 4 rings (SSSR count). The zero-order chi connectivity index (χ0) is 20.8. The Morgan fingerprint density at radius 3 is 2.24 bits per heavy atom. The number of para-hydroxylation sites is 1. The first-order valence-corrected chi connectivity index (χ1v) is 11.3. The summed E-state index contributed by atoms with van der Waals surface area (Å²) in [6.07, 6.45) is 0.